The normalized spacial score (nSPS) is 9.94. The number of nitro benzene ring substituents is 1. The highest BCUT2D eigenvalue weighted by atomic mass is 16.6. The molecule has 0 aliphatic carbocycles. The molecular formula is C12H11N2O3+. The van der Waals surface area contributed by atoms with Crippen LogP contribution in [0.2, 0.25) is 0 Å². The first-order valence-corrected chi connectivity index (χ1v) is 5.00. The maximum atomic E-state index is 10.6. The first-order valence-electron chi connectivity index (χ1n) is 5.00. The second-order valence-electron chi connectivity index (χ2n) is 3.46. The number of rotatable bonds is 3. The zero-order valence-electron chi connectivity index (χ0n) is 9.00. The fourth-order valence-corrected chi connectivity index (χ4v) is 1.39. The lowest BCUT2D eigenvalue weighted by atomic mass is 10.3. The Bertz CT molecular complexity index is 555. The van der Waals surface area contributed by atoms with Gasteiger partial charge in [0.1, 0.15) is 5.75 Å². The third-order valence-electron chi connectivity index (χ3n) is 2.23. The summed E-state index contributed by atoms with van der Waals surface area (Å²) in [4.78, 5) is 10.2. The summed E-state index contributed by atoms with van der Waals surface area (Å²) in [5, 5.41) is 10.6. The molecule has 86 valence electrons. The van der Waals surface area contributed by atoms with Crippen molar-refractivity contribution in [1.82, 2.24) is 0 Å². The number of hydrogen-bond acceptors (Lipinski definition) is 3. The monoisotopic (exact) mass is 231 g/mol. The highest BCUT2D eigenvalue weighted by Crippen LogP contribution is 2.27. The minimum absolute atomic E-state index is 0.00374. The molecule has 5 nitrogen and oxygen atoms in total. The van der Waals surface area contributed by atoms with Gasteiger partial charge in [0.15, 0.2) is 11.4 Å². The lowest BCUT2D eigenvalue weighted by molar-refractivity contribution is -0.384. The van der Waals surface area contributed by atoms with E-state index in [1.807, 2.05) is 18.2 Å². The number of benzene rings is 2. The molecule has 0 spiro atoms. The van der Waals surface area contributed by atoms with Gasteiger partial charge < -0.3 is 10.5 Å². The molecule has 0 saturated heterocycles. The quantitative estimate of drug-likeness (QED) is 0.649. The highest BCUT2D eigenvalue weighted by Gasteiger charge is 2.08. The van der Waals surface area contributed by atoms with Crippen LogP contribution < -0.4 is 10.5 Å². The van der Waals surface area contributed by atoms with E-state index in [9.17, 15) is 10.1 Å². The Kier molecular flexibility index (Phi) is 3.02. The Hall–Kier alpha value is -2.40. The molecule has 0 amide bonds. The van der Waals surface area contributed by atoms with Crippen LogP contribution in [0.3, 0.4) is 0 Å². The van der Waals surface area contributed by atoms with Crippen molar-refractivity contribution in [1.29, 1.82) is 0 Å². The number of quaternary nitrogens is 1. The van der Waals surface area contributed by atoms with Crippen LogP contribution in [0.4, 0.5) is 11.4 Å². The molecule has 0 radical (unpaired) electrons. The maximum Gasteiger partial charge on any atom is 0.273 e. The van der Waals surface area contributed by atoms with E-state index in [1.54, 1.807) is 18.2 Å². The van der Waals surface area contributed by atoms with E-state index in [-0.39, 0.29) is 5.69 Å². The minimum atomic E-state index is -0.455. The number of nitro groups is 1. The van der Waals surface area contributed by atoms with E-state index in [1.165, 1.54) is 12.1 Å². The lowest BCUT2D eigenvalue weighted by Crippen LogP contribution is -2.40. The zero-order chi connectivity index (χ0) is 12.3. The van der Waals surface area contributed by atoms with Crippen molar-refractivity contribution in [3.8, 4) is 11.5 Å². The Labute approximate surface area is 97.6 Å². The van der Waals surface area contributed by atoms with Gasteiger partial charge in [-0.1, -0.05) is 18.2 Å². The smallest absolute Gasteiger partial charge is 0.273 e. The lowest BCUT2D eigenvalue weighted by Gasteiger charge is -2.05. The van der Waals surface area contributed by atoms with Crippen LogP contribution >= 0.6 is 0 Å². The van der Waals surface area contributed by atoms with Gasteiger partial charge in [0.05, 0.1) is 11.0 Å². The zero-order valence-corrected chi connectivity index (χ0v) is 9.00. The summed E-state index contributed by atoms with van der Waals surface area (Å²) in [6.45, 7) is 0. The first-order chi connectivity index (χ1) is 8.16. The fourth-order valence-electron chi connectivity index (χ4n) is 1.39. The van der Waals surface area contributed by atoms with Crippen LogP contribution in [0.1, 0.15) is 0 Å². The van der Waals surface area contributed by atoms with Crippen molar-refractivity contribution in [3.05, 3.63) is 58.6 Å². The van der Waals surface area contributed by atoms with Gasteiger partial charge in [-0.25, -0.2) is 0 Å². The summed E-state index contributed by atoms with van der Waals surface area (Å²) < 4.78 is 5.53. The van der Waals surface area contributed by atoms with Crippen molar-refractivity contribution in [2.75, 3.05) is 0 Å². The molecule has 0 heterocycles. The van der Waals surface area contributed by atoms with Gasteiger partial charge in [-0.3, -0.25) is 10.1 Å². The molecule has 17 heavy (non-hydrogen) atoms. The average Bonchev–Trinajstić information content (AvgIpc) is 2.32. The highest BCUT2D eigenvalue weighted by molar-refractivity contribution is 5.48. The molecule has 0 saturated carbocycles. The number of non-ortho nitro benzene ring substituents is 1. The number of hydrogen-bond donors (Lipinski definition) is 1. The van der Waals surface area contributed by atoms with Gasteiger partial charge in [-0.05, 0) is 12.1 Å². The SMILES string of the molecule is [NH3+]c1ccccc1Oc1cccc([N+](=O)[O-])c1. The van der Waals surface area contributed by atoms with Gasteiger partial charge in [0, 0.05) is 12.1 Å². The topological polar surface area (TPSA) is 80.0 Å². The van der Waals surface area contributed by atoms with Crippen molar-refractivity contribution in [2.45, 2.75) is 0 Å². The van der Waals surface area contributed by atoms with Crippen LogP contribution in [0, 0.1) is 10.1 Å². The summed E-state index contributed by atoms with van der Waals surface area (Å²) in [6.07, 6.45) is 0. The summed E-state index contributed by atoms with van der Waals surface area (Å²) in [5.74, 6) is 1.02. The second-order valence-corrected chi connectivity index (χ2v) is 3.46. The third-order valence-corrected chi connectivity index (χ3v) is 2.23. The molecule has 0 atom stereocenters. The molecule has 0 bridgehead atoms. The average molecular weight is 231 g/mol. The molecule has 2 aromatic rings. The summed E-state index contributed by atoms with van der Waals surface area (Å²) in [6, 6.07) is 13.3. The standard InChI is InChI=1S/C12H10N2O3/c13-11-6-1-2-7-12(11)17-10-5-3-4-9(8-10)14(15)16/h1-8H,13H2/p+1. The maximum absolute atomic E-state index is 10.6. The van der Waals surface area contributed by atoms with E-state index in [4.69, 9.17) is 4.74 Å². The van der Waals surface area contributed by atoms with Crippen molar-refractivity contribution in [3.63, 3.8) is 0 Å². The van der Waals surface area contributed by atoms with E-state index < -0.39 is 4.92 Å². The van der Waals surface area contributed by atoms with Crippen LogP contribution in [0.25, 0.3) is 0 Å². The Balaban J connectivity index is 2.28. The van der Waals surface area contributed by atoms with Gasteiger partial charge in [-0.2, -0.15) is 0 Å². The number of para-hydroxylation sites is 1. The van der Waals surface area contributed by atoms with Crippen LogP contribution in [0.5, 0.6) is 11.5 Å². The minimum Gasteiger partial charge on any atom is -0.451 e. The summed E-state index contributed by atoms with van der Waals surface area (Å²) >= 11 is 0. The van der Waals surface area contributed by atoms with Crippen LogP contribution in [-0.4, -0.2) is 4.92 Å². The molecular weight excluding hydrogens is 220 g/mol. The predicted molar refractivity (Wildman–Crippen MR) is 62.2 cm³/mol. The van der Waals surface area contributed by atoms with E-state index >= 15 is 0 Å². The van der Waals surface area contributed by atoms with E-state index in [0.29, 0.717) is 11.5 Å². The number of ether oxygens (including phenoxy) is 1. The molecule has 0 aliphatic heterocycles. The molecule has 0 unspecified atom stereocenters. The molecule has 0 aliphatic rings. The molecule has 2 aromatic carbocycles. The molecule has 0 fully saturated rings. The second kappa shape index (κ2) is 4.63. The van der Waals surface area contributed by atoms with Crippen LogP contribution in [0.15, 0.2) is 48.5 Å². The summed E-state index contributed by atoms with van der Waals surface area (Å²) in [5.41, 5.74) is 4.55. The summed E-state index contributed by atoms with van der Waals surface area (Å²) in [7, 11) is 0. The van der Waals surface area contributed by atoms with Crippen molar-refractivity contribution in [2.24, 2.45) is 0 Å². The van der Waals surface area contributed by atoms with Gasteiger partial charge in [0.25, 0.3) is 5.69 Å². The van der Waals surface area contributed by atoms with Gasteiger partial charge in [-0.15, -0.1) is 0 Å². The van der Waals surface area contributed by atoms with Crippen molar-refractivity contribution < 1.29 is 15.4 Å². The number of nitrogens with zero attached hydrogens (tertiary/aromatic N) is 1. The Morgan fingerprint density at radius 3 is 2.59 bits per heavy atom. The van der Waals surface area contributed by atoms with Crippen LogP contribution in [-0.2, 0) is 0 Å². The third kappa shape index (κ3) is 2.59. The van der Waals surface area contributed by atoms with E-state index in [2.05, 4.69) is 5.73 Å². The first kappa shape index (κ1) is 11.1. The molecule has 2 rings (SSSR count). The van der Waals surface area contributed by atoms with Gasteiger partial charge >= 0.3 is 0 Å². The Morgan fingerprint density at radius 1 is 1.12 bits per heavy atom. The largest absolute Gasteiger partial charge is 0.451 e. The Morgan fingerprint density at radius 2 is 1.88 bits per heavy atom. The van der Waals surface area contributed by atoms with Crippen molar-refractivity contribution >= 4 is 11.4 Å². The van der Waals surface area contributed by atoms with Gasteiger partial charge in [0.2, 0.25) is 0 Å². The molecule has 3 N–H and O–H groups in total. The molecule has 5 heteroatoms. The van der Waals surface area contributed by atoms with E-state index in [0.717, 1.165) is 5.69 Å². The predicted octanol–water partition coefficient (Wildman–Crippen LogP) is 2.26. The molecule has 0 aromatic heterocycles. The fraction of sp³-hybridized carbons (Fsp3) is 0.